The smallest absolute Gasteiger partial charge is 0.192 e. The SMILES string of the molecule is CC(C)(C)[Si](C)(C)OC[C@@]1(O)CCCC[C@H]1O. The molecule has 0 aromatic heterocycles. The van der Waals surface area contributed by atoms with Crippen LogP contribution in [0.4, 0.5) is 0 Å². The van der Waals surface area contributed by atoms with Crippen LogP contribution in [-0.4, -0.2) is 36.8 Å². The Morgan fingerprint density at radius 2 is 1.88 bits per heavy atom. The van der Waals surface area contributed by atoms with Crippen molar-refractivity contribution in [3.63, 3.8) is 0 Å². The van der Waals surface area contributed by atoms with Gasteiger partial charge in [-0.25, -0.2) is 0 Å². The van der Waals surface area contributed by atoms with Crippen LogP contribution in [0, 0.1) is 0 Å². The van der Waals surface area contributed by atoms with E-state index in [-0.39, 0.29) is 11.6 Å². The van der Waals surface area contributed by atoms with E-state index in [1.807, 2.05) is 0 Å². The van der Waals surface area contributed by atoms with Crippen molar-refractivity contribution >= 4 is 8.32 Å². The number of aliphatic hydroxyl groups excluding tert-OH is 1. The first-order valence-electron chi connectivity index (χ1n) is 6.63. The van der Waals surface area contributed by atoms with Gasteiger partial charge >= 0.3 is 0 Å². The highest BCUT2D eigenvalue weighted by Gasteiger charge is 2.43. The van der Waals surface area contributed by atoms with Gasteiger partial charge in [0.05, 0.1) is 12.7 Å². The van der Waals surface area contributed by atoms with Gasteiger partial charge in [0.15, 0.2) is 8.32 Å². The van der Waals surface area contributed by atoms with E-state index in [9.17, 15) is 10.2 Å². The molecule has 0 aromatic rings. The summed E-state index contributed by atoms with van der Waals surface area (Å²) < 4.78 is 6.04. The zero-order valence-corrected chi connectivity index (χ0v) is 12.9. The van der Waals surface area contributed by atoms with Gasteiger partial charge in [-0.05, 0) is 31.0 Å². The van der Waals surface area contributed by atoms with Crippen molar-refractivity contribution < 1.29 is 14.6 Å². The predicted molar refractivity (Wildman–Crippen MR) is 72.6 cm³/mol. The summed E-state index contributed by atoms with van der Waals surface area (Å²) in [5, 5.41) is 20.5. The number of rotatable bonds is 3. The van der Waals surface area contributed by atoms with Crippen molar-refractivity contribution in [2.45, 2.75) is 76.3 Å². The molecular weight excluding hydrogens is 232 g/mol. The third-order valence-electron chi connectivity index (χ3n) is 4.45. The zero-order valence-electron chi connectivity index (χ0n) is 11.9. The molecule has 0 amide bonds. The summed E-state index contributed by atoms with van der Waals surface area (Å²) in [6, 6.07) is 0. The fraction of sp³-hybridized carbons (Fsp3) is 1.00. The van der Waals surface area contributed by atoms with Crippen LogP contribution >= 0.6 is 0 Å². The Bertz CT molecular complexity index is 260. The molecule has 0 aromatic carbocycles. The van der Waals surface area contributed by atoms with Crippen LogP contribution in [0.25, 0.3) is 0 Å². The minimum Gasteiger partial charge on any atom is -0.414 e. The fourth-order valence-electron chi connectivity index (χ4n) is 1.89. The van der Waals surface area contributed by atoms with Gasteiger partial charge in [0.25, 0.3) is 0 Å². The first kappa shape index (κ1) is 15.2. The first-order valence-corrected chi connectivity index (χ1v) is 9.54. The Morgan fingerprint density at radius 1 is 1.29 bits per heavy atom. The predicted octanol–water partition coefficient (Wildman–Crippen LogP) is 2.67. The molecule has 17 heavy (non-hydrogen) atoms. The molecule has 0 saturated heterocycles. The molecular formula is C13H28O3Si. The van der Waals surface area contributed by atoms with Crippen molar-refractivity contribution in [3.05, 3.63) is 0 Å². The van der Waals surface area contributed by atoms with Crippen LogP contribution in [0.1, 0.15) is 46.5 Å². The summed E-state index contributed by atoms with van der Waals surface area (Å²) in [5.74, 6) is 0. The molecule has 102 valence electrons. The summed E-state index contributed by atoms with van der Waals surface area (Å²) in [6.07, 6.45) is 2.71. The van der Waals surface area contributed by atoms with Gasteiger partial charge in [0.1, 0.15) is 5.60 Å². The van der Waals surface area contributed by atoms with E-state index >= 15 is 0 Å². The van der Waals surface area contributed by atoms with E-state index in [4.69, 9.17) is 4.43 Å². The zero-order chi connectivity index (χ0) is 13.3. The second-order valence-electron chi connectivity index (χ2n) is 6.91. The highest BCUT2D eigenvalue weighted by molar-refractivity contribution is 6.74. The Hall–Kier alpha value is 0.0969. The molecule has 0 bridgehead atoms. The molecule has 0 heterocycles. The van der Waals surface area contributed by atoms with Gasteiger partial charge in [-0.1, -0.05) is 33.6 Å². The summed E-state index contributed by atoms with van der Waals surface area (Å²) in [7, 11) is -1.84. The van der Waals surface area contributed by atoms with Crippen LogP contribution in [0.2, 0.25) is 18.1 Å². The molecule has 0 spiro atoms. The van der Waals surface area contributed by atoms with E-state index in [1.54, 1.807) is 0 Å². The van der Waals surface area contributed by atoms with Crippen LogP contribution in [0.3, 0.4) is 0 Å². The molecule has 1 aliphatic carbocycles. The molecule has 2 atom stereocenters. The third-order valence-corrected chi connectivity index (χ3v) is 8.93. The molecule has 0 unspecified atom stereocenters. The molecule has 4 heteroatoms. The van der Waals surface area contributed by atoms with Gasteiger partial charge in [-0.2, -0.15) is 0 Å². The average molecular weight is 260 g/mol. The summed E-state index contributed by atoms with van der Waals surface area (Å²) >= 11 is 0. The Labute approximate surface area is 106 Å². The standard InChI is InChI=1S/C13H28O3Si/c1-12(2,3)17(4,5)16-10-13(15)9-7-6-8-11(13)14/h11,14-15H,6-10H2,1-5H3/t11-,13+/m1/s1. The van der Waals surface area contributed by atoms with Crippen molar-refractivity contribution in [3.8, 4) is 0 Å². The fourth-order valence-corrected chi connectivity index (χ4v) is 2.94. The van der Waals surface area contributed by atoms with Crippen LogP contribution in [-0.2, 0) is 4.43 Å². The van der Waals surface area contributed by atoms with Gasteiger partial charge in [-0.3, -0.25) is 0 Å². The lowest BCUT2D eigenvalue weighted by molar-refractivity contribution is -0.123. The average Bonchev–Trinajstić information content (AvgIpc) is 2.19. The quantitative estimate of drug-likeness (QED) is 0.767. The Balaban J connectivity index is 2.60. The molecule has 1 saturated carbocycles. The van der Waals surface area contributed by atoms with E-state index in [2.05, 4.69) is 33.9 Å². The highest BCUT2D eigenvalue weighted by Crippen LogP contribution is 2.38. The molecule has 1 fully saturated rings. The maximum atomic E-state index is 10.4. The van der Waals surface area contributed by atoms with Crippen molar-refractivity contribution in [1.29, 1.82) is 0 Å². The monoisotopic (exact) mass is 260 g/mol. The van der Waals surface area contributed by atoms with Crippen LogP contribution < -0.4 is 0 Å². The van der Waals surface area contributed by atoms with Crippen molar-refractivity contribution in [2.24, 2.45) is 0 Å². The summed E-state index contributed by atoms with van der Waals surface area (Å²) in [4.78, 5) is 0. The largest absolute Gasteiger partial charge is 0.414 e. The maximum Gasteiger partial charge on any atom is 0.192 e. The number of aliphatic hydroxyl groups is 2. The van der Waals surface area contributed by atoms with Crippen molar-refractivity contribution in [2.75, 3.05) is 6.61 Å². The lowest BCUT2D eigenvalue weighted by Gasteiger charge is -2.42. The normalized spacial score (nSPS) is 31.6. The molecule has 2 N–H and O–H groups in total. The highest BCUT2D eigenvalue weighted by atomic mass is 28.4. The van der Waals surface area contributed by atoms with Gasteiger partial charge in [-0.15, -0.1) is 0 Å². The molecule has 0 radical (unpaired) electrons. The molecule has 0 aliphatic heterocycles. The lowest BCUT2D eigenvalue weighted by Crippen LogP contribution is -2.52. The first-order chi connectivity index (χ1) is 7.58. The summed E-state index contributed by atoms with van der Waals surface area (Å²) in [5.41, 5.74) is -1.02. The van der Waals surface area contributed by atoms with E-state index < -0.39 is 20.0 Å². The molecule has 1 aliphatic rings. The Morgan fingerprint density at radius 3 is 2.35 bits per heavy atom. The second kappa shape index (κ2) is 5.00. The summed E-state index contributed by atoms with van der Waals surface area (Å²) in [6.45, 7) is 11.2. The molecule has 1 rings (SSSR count). The number of hydrogen-bond donors (Lipinski definition) is 2. The lowest BCUT2D eigenvalue weighted by atomic mass is 9.83. The topological polar surface area (TPSA) is 49.7 Å². The Kier molecular flexibility index (Phi) is 4.45. The van der Waals surface area contributed by atoms with Gasteiger partial charge < -0.3 is 14.6 Å². The number of hydrogen-bond acceptors (Lipinski definition) is 3. The van der Waals surface area contributed by atoms with Crippen LogP contribution in [0.15, 0.2) is 0 Å². The van der Waals surface area contributed by atoms with E-state index in [0.29, 0.717) is 12.8 Å². The minimum absolute atomic E-state index is 0.142. The second-order valence-corrected chi connectivity index (χ2v) is 11.7. The minimum atomic E-state index is -1.84. The maximum absolute atomic E-state index is 10.4. The van der Waals surface area contributed by atoms with Crippen molar-refractivity contribution in [1.82, 2.24) is 0 Å². The molecule has 3 nitrogen and oxygen atoms in total. The van der Waals surface area contributed by atoms with Crippen LogP contribution in [0.5, 0.6) is 0 Å². The third kappa shape index (κ3) is 3.53. The van der Waals surface area contributed by atoms with Gasteiger partial charge in [0, 0.05) is 0 Å². The van der Waals surface area contributed by atoms with Gasteiger partial charge in [0.2, 0.25) is 0 Å². The van der Waals surface area contributed by atoms with E-state index in [0.717, 1.165) is 12.8 Å². The van der Waals surface area contributed by atoms with E-state index in [1.165, 1.54) is 0 Å².